The van der Waals surface area contributed by atoms with E-state index in [-0.39, 0.29) is 11.8 Å². The van der Waals surface area contributed by atoms with Gasteiger partial charge in [0.2, 0.25) is 0 Å². The fourth-order valence-electron chi connectivity index (χ4n) is 3.72. The van der Waals surface area contributed by atoms with Crippen LogP contribution in [0.5, 0.6) is 5.75 Å². The zero-order valence-electron chi connectivity index (χ0n) is 14.6. The molecule has 0 spiro atoms. The lowest BCUT2D eigenvalue weighted by atomic mass is 9.89. The van der Waals surface area contributed by atoms with Crippen LogP contribution in [0.15, 0.2) is 41.0 Å². The fraction of sp³-hybridized carbons (Fsp3) is 0.450. The number of benzene rings is 1. The van der Waals surface area contributed by atoms with Crippen LogP contribution in [0.3, 0.4) is 0 Å². The molecule has 0 aliphatic carbocycles. The Kier molecular flexibility index (Phi) is 4.70. The van der Waals surface area contributed by atoms with Gasteiger partial charge in [-0.1, -0.05) is 18.2 Å². The van der Waals surface area contributed by atoms with E-state index in [9.17, 15) is 9.90 Å². The van der Waals surface area contributed by atoms with Crippen molar-refractivity contribution in [2.45, 2.75) is 30.8 Å². The van der Waals surface area contributed by atoms with Gasteiger partial charge in [-0.05, 0) is 24.1 Å². The quantitative estimate of drug-likeness (QED) is 0.879. The number of para-hydroxylation sites is 1. The second kappa shape index (κ2) is 7.13. The van der Waals surface area contributed by atoms with Gasteiger partial charge in [0.1, 0.15) is 17.1 Å². The molecule has 2 aliphatic heterocycles. The van der Waals surface area contributed by atoms with E-state index in [1.165, 1.54) is 6.26 Å². The molecule has 6 heteroatoms. The first-order valence-corrected chi connectivity index (χ1v) is 9.05. The smallest absolute Gasteiger partial charge is 0.254 e. The van der Waals surface area contributed by atoms with Gasteiger partial charge in [-0.3, -0.25) is 4.79 Å². The summed E-state index contributed by atoms with van der Waals surface area (Å²) in [7, 11) is 0. The Bertz CT molecular complexity index is 778. The Morgan fingerprint density at radius 3 is 2.85 bits per heavy atom. The lowest BCUT2D eigenvalue weighted by Crippen LogP contribution is -2.36. The second-order valence-electron chi connectivity index (χ2n) is 6.89. The highest BCUT2D eigenvalue weighted by Gasteiger charge is 2.38. The first-order valence-electron chi connectivity index (χ1n) is 9.05. The van der Waals surface area contributed by atoms with Crippen LogP contribution < -0.4 is 10.1 Å². The third-order valence-corrected chi connectivity index (χ3v) is 5.24. The number of amides is 1. The number of carbonyl (C=O) groups is 1. The third-order valence-electron chi connectivity index (χ3n) is 5.24. The van der Waals surface area contributed by atoms with E-state index in [0.717, 1.165) is 17.7 Å². The molecule has 1 amide bonds. The molecule has 4 rings (SSSR count). The maximum atomic E-state index is 12.7. The van der Waals surface area contributed by atoms with Gasteiger partial charge in [-0.15, -0.1) is 0 Å². The third kappa shape index (κ3) is 3.22. The predicted molar refractivity (Wildman–Crippen MR) is 94.3 cm³/mol. The van der Waals surface area contributed by atoms with Gasteiger partial charge in [-0.2, -0.15) is 0 Å². The van der Waals surface area contributed by atoms with E-state index in [2.05, 4.69) is 5.32 Å². The standard InChI is InChI=1S/C20H23NO5/c22-19(16-6-10-26-18(16)20(23)7-11-24-12-8-20)21-13-14-5-9-25-17-4-2-1-3-15(14)17/h1-4,6,10,14,23H,5,7-9,11-13H2,(H,21,22). The molecule has 1 unspecified atom stereocenters. The number of fused-ring (bicyclic) bond motifs is 1. The molecule has 2 aromatic rings. The summed E-state index contributed by atoms with van der Waals surface area (Å²) < 4.78 is 16.5. The molecule has 0 saturated carbocycles. The number of aliphatic hydroxyl groups is 1. The van der Waals surface area contributed by atoms with Crippen LogP contribution in [0, 0.1) is 0 Å². The molecule has 3 heterocycles. The zero-order valence-corrected chi connectivity index (χ0v) is 14.6. The highest BCUT2D eigenvalue weighted by Crippen LogP contribution is 2.35. The Hall–Kier alpha value is -2.31. The molecule has 1 aromatic carbocycles. The number of carbonyl (C=O) groups excluding carboxylic acids is 1. The first kappa shape index (κ1) is 17.1. The lowest BCUT2D eigenvalue weighted by molar-refractivity contribution is -0.0804. The highest BCUT2D eigenvalue weighted by atomic mass is 16.5. The van der Waals surface area contributed by atoms with Crippen LogP contribution in [0.1, 0.15) is 46.9 Å². The van der Waals surface area contributed by atoms with Crippen molar-refractivity contribution in [1.29, 1.82) is 0 Å². The Morgan fingerprint density at radius 1 is 1.19 bits per heavy atom. The van der Waals surface area contributed by atoms with Crippen LogP contribution in [-0.4, -0.2) is 37.4 Å². The van der Waals surface area contributed by atoms with Gasteiger partial charge in [-0.25, -0.2) is 0 Å². The minimum absolute atomic E-state index is 0.213. The maximum Gasteiger partial charge on any atom is 0.254 e. The molecule has 26 heavy (non-hydrogen) atoms. The number of nitrogens with one attached hydrogen (secondary N) is 1. The van der Waals surface area contributed by atoms with Gasteiger partial charge >= 0.3 is 0 Å². The van der Waals surface area contributed by atoms with E-state index in [0.29, 0.717) is 50.5 Å². The maximum absolute atomic E-state index is 12.7. The number of rotatable bonds is 4. The summed E-state index contributed by atoms with van der Waals surface area (Å²) in [5, 5.41) is 13.8. The molecule has 2 aliphatic rings. The molecule has 0 bridgehead atoms. The number of hydrogen-bond acceptors (Lipinski definition) is 5. The lowest BCUT2D eigenvalue weighted by Gasteiger charge is -2.31. The SMILES string of the molecule is O=C(NCC1CCOc2ccccc21)c1ccoc1C1(O)CCOCC1. The van der Waals surface area contributed by atoms with E-state index < -0.39 is 5.60 Å². The molecular formula is C20H23NO5. The minimum Gasteiger partial charge on any atom is -0.493 e. The van der Waals surface area contributed by atoms with Crippen molar-refractivity contribution in [3.05, 3.63) is 53.5 Å². The minimum atomic E-state index is -1.14. The Morgan fingerprint density at radius 2 is 2.00 bits per heavy atom. The summed E-state index contributed by atoms with van der Waals surface area (Å²) in [5.41, 5.74) is 0.379. The van der Waals surface area contributed by atoms with Crippen molar-refractivity contribution in [3.63, 3.8) is 0 Å². The van der Waals surface area contributed by atoms with Crippen molar-refractivity contribution in [2.24, 2.45) is 0 Å². The molecule has 1 aromatic heterocycles. The summed E-state index contributed by atoms with van der Waals surface area (Å²) in [6.07, 6.45) is 3.17. The first-order chi connectivity index (χ1) is 12.7. The Balaban J connectivity index is 1.46. The molecule has 1 fully saturated rings. The average molecular weight is 357 g/mol. The van der Waals surface area contributed by atoms with Crippen LogP contribution in [0.2, 0.25) is 0 Å². The van der Waals surface area contributed by atoms with Crippen molar-refractivity contribution >= 4 is 5.91 Å². The van der Waals surface area contributed by atoms with Crippen molar-refractivity contribution in [2.75, 3.05) is 26.4 Å². The van der Waals surface area contributed by atoms with Crippen LogP contribution in [-0.2, 0) is 10.3 Å². The van der Waals surface area contributed by atoms with E-state index >= 15 is 0 Å². The fourth-order valence-corrected chi connectivity index (χ4v) is 3.72. The van der Waals surface area contributed by atoms with Crippen LogP contribution in [0.4, 0.5) is 0 Å². The van der Waals surface area contributed by atoms with Crippen LogP contribution >= 0.6 is 0 Å². The van der Waals surface area contributed by atoms with Crippen molar-refractivity contribution in [1.82, 2.24) is 5.32 Å². The Labute approximate surface area is 152 Å². The summed E-state index contributed by atoms with van der Waals surface area (Å²) in [6, 6.07) is 9.55. The van der Waals surface area contributed by atoms with Crippen molar-refractivity contribution in [3.8, 4) is 5.75 Å². The molecular weight excluding hydrogens is 334 g/mol. The molecule has 138 valence electrons. The summed E-state index contributed by atoms with van der Waals surface area (Å²) in [6.45, 7) is 2.08. The summed E-state index contributed by atoms with van der Waals surface area (Å²) in [5.74, 6) is 1.22. The molecule has 1 atom stereocenters. The van der Waals surface area contributed by atoms with Gasteiger partial charge in [0, 0.05) is 38.5 Å². The number of ether oxygens (including phenoxy) is 2. The second-order valence-corrected chi connectivity index (χ2v) is 6.89. The van der Waals surface area contributed by atoms with E-state index in [1.54, 1.807) is 6.07 Å². The highest BCUT2D eigenvalue weighted by molar-refractivity contribution is 5.95. The van der Waals surface area contributed by atoms with Gasteiger partial charge < -0.3 is 24.3 Å². The topological polar surface area (TPSA) is 80.9 Å². The normalized spacial score (nSPS) is 21.5. The van der Waals surface area contributed by atoms with Crippen LogP contribution in [0.25, 0.3) is 0 Å². The largest absolute Gasteiger partial charge is 0.493 e. The number of furan rings is 1. The van der Waals surface area contributed by atoms with Gasteiger partial charge in [0.25, 0.3) is 5.91 Å². The van der Waals surface area contributed by atoms with E-state index in [4.69, 9.17) is 13.9 Å². The molecule has 2 N–H and O–H groups in total. The zero-order chi connectivity index (χ0) is 18.0. The van der Waals surface area contributed by atoms with Gasteiger partial charge in [0.15, 0.2) is 0 Å². The molecule has 6 nitrogen and oxygen atoms in total. The van der Waals surface area contributed by atoms with E-state index in [1.807, 2.05) is 24.3 Å². The molecule has 1 saturated heterocycles. The summed E-state index contributed by atoms with van der Waals surface area (Å²) >= 11 is 0. The number of hydrogen-bond donors (Lipinski definition) is 2. The average Bonchev–Trinajstić information content (AvgIpc) is 3.18. The summed E-state index contributed by atoms with van der Waals surface area (Å²) in [4.78, 5) is 12.7. The molecule has 0 radical (unpaired) electrons. The predicted octanol–water partition coefficient (Wildman–Crippen LogP) is 2.57. The van der Waals surface area contributed by atoms with Gasteiger partial charge in [0.05, 0.1) is 18.4 Å². The monoisotopic (exact) mass is 357 g/mol. The van der Waals surface area contributed by atoms with Crippen molar-refractivity contribution < 1.29 is 23.8 Å².